The SMILES string of the molecule is OCC1(Cn2cc(C(O)c3ccccc3)cn2)COC1. The summed E-state index contributed by atoms with van der Waals surface area (Å²) in [6, 6.07) is 9.49. The van der Waals surface area contributed by atoms with Crippen molar-refractivity contribution in [3.63, 3.8) is 0 Å². The Kier molecular flexibility index (Phi) is 3.56. The van der Waals surface area contributed by atoms with Crippen molar-refractivity contribution in [1.29, 1.82) is 0 Å². The minimum absolute atomic E-state index is 0.0867. The molecule has 0 radical (unpaired) electrons. The van der Waals surface area contributed by atoms with Crippen LogP contribution in [0.25, 0.3) is 0 Å². The summed E-state index contributed by atoms with van der Waals surface area (Å²) >= 11 is 0. The van der Waals surface area contributed by atoms with Crippen molar-refractivity contribution < 1.29 is 14.9 Å². The first-order valence-electron chi connectivity index (χ1n) is 6.66. The minimum Gasteiger partial charge on any atom is -0.396 e. The van der Waals surface area contributed by atoms with E-state index in [2.05, 4.69) is 5.10 Å². The van der Waals surface area contributed by atoms with Crippen LogP contribution in [0.1, 0.15) is 17.2 Å². The van der Waals surface area contributed by atoms with Gasteiger partial charge in [-0.25, -0.2) is 0 Å². The maximum absolute atomic E-state index is 10.3. The van der Waals surface area contributed by atoms with Gasteiger partial charge in [-0.2, -0.15) is 5.10 Å². The molecule has 1 aliphatic heterocycles. The third-order valence-corrected chi connectivity index (χ3v) is 3.73. The lowest BCUT2D eigenvalue weighted by atomic mass is 9.87. The van der Waals surface area contributed by atoms with Gasteiger partial charge in [0.15, 0.2) is 0 Å². The highest BCUT2D eigenvalue weighted by atomic mass is 16.5. The van der Waals surface area contributed by atoms with E-state index in [0.29, 0.717) is 19.8 Å². The van der Waals surface area contributed by atoms with Crippen LogP contribution >= 0.6 is 0 Å². The van der Waals surface area contributed by atoms with Crippen LogP contribution in [0.3, 0.4) is 0 Å². The lowest BCUT2D eigenvalue weighted by molar-refractivity contribution is -0.146. The molecule has 106 valence electrons. The van der Waals surface area contributed by atoms with Gasteiger partial charge in [-0.1, -0.05) is 30.3 Å². The normalized spacial score (nSPS) is 18.5. The number of aliphatic hydroxyl groups excluding tert-OH is 2. The first-order valence-corrected chi connectivity index (χ1v) is 6.66. The molecule has 3 rings (SSSR count). The summed E-state index contributed by atoms with van der Waals surface area (Å²) in [5.74, 6) is 0. The molecule has 2 aromatic rings. The largest absolute Gasteiger partial charge is 0.396 e. The van der Waals surface area contributed by atoms with E-state index in [1.807, 2.05) is 36.5 Å². The van der Waals surface area contributed by atoms with Crippen LogP contribution in [0, 0.1) is 5.41 Å². The lowest BCUT2D eigenvalue weighted by Crippen LogP contribution is -2.48. The van der Waals surface area contributed by atoms with Crippen LogP contribution in [-0.4, -0.2) is 39.8 Å². The molecule has 1 atom stereocenters. The first-order chi connectivity index (χ1) is 9.72. The van der Waals surface area contributed by atoms with Gasteiger partial charge in [0.2, 0.25) is 0 Å². The van der Waals surface area contributed by atoms with Crippen LogP contribution in [0.4, 0.5) is 0 Å². The standard InChI is InChI=1S/C15H18N2O3/c18-9-15(10-20-11-15)8-17-7-13(6-16-17)14(19)12-4-2-1-3-5-12/h1-7,14,18-19H,8-11H2. The molecule has 1 aliphatic rings. The lowest BCUT2D eigenvalue weighted by Gasteiger charge is -2.39. The van der Waals surface area contributed by atoms with Crippen molar-refractivity contribution in [2.45, 2.75) is 12.6 Å². The molecule has 5 heteroatoms. The zero-order valence-electron chi connectivity index (χ0n) is 11.1. The number of nitrogens with zero attached hydrogens (tertiary/aromatic N) is 2. The highest BCUT2D eigenvalue weighted by Crippen LogP contribution is 2.29. The van der Waals surface area contributed by atoms with Crippen molar-refractivity contribution in [2.75, 3.05) is 19.8 Å². The van der Waals surface area contributed by atoms with Gasteiger partial charge in [-0.15, -0.1) is 0 Å². The molecular weight excluding hydrogens is 256 g/mol. The predicted octanol–water partition coefficient (Wildman–Crippen LogP) is 0.974. The topological polar surface area (TPSA) is 67.5 Å². The molecule has 2 heterocycles. The molecular formula is C15H18N2O3. The second kappa shape index (κ2) is 5.36. The van der Waals surface area contributed by atoms with E-state index in [9.17, 15) is 10.2 Å². The molecule has 2 N–H and O–H groups in total. The number of aliphatic hydroxyl groups is 2. The zero-order valence-corrected chi connectivity index (χ0v) is 11.1. The number of hydrogen-bond acceptors (Lipinski definition) is 4. The van der Waals surface area contributed by atoms with Crippen molar-refractivity contribution in [2.24, 2.45) is 5.41 Å². The van der Waals surface area contributed by atoms with E-state index >= 15 is 0 Å². The van der Waals surface area contributed by atoms with Gasteiger partial charge >= 0.3 is 0 Å². The average molecular weight is 274 g/mol. The fourth-order valence-electron chi connectivity index (χ4n) is 2.40. The van der Waals surface area contributed by atoms with Crippen molar-refractivity contribution in [3.05, 3.63) is 53.9 Å². The van der Waals surface area contributed by atoms with E-state index < -0.39 is 6.10 Å². The Morgan fingerprint density at radius 3 is 2.60 bits per heavy atom. The van der Waals surface area contributed by atoms with Gasteiger partial charge in [-0.05, 0) is 5.56 Å². The van der Waals surface area contributed by atoms with E-state index in [0.717, 1.165) is 11.1 Å². The molecule has 0 saturated carbocycles. The Labute approximate surface area is 117 Å². The van der Waals surface area contributed by atoms with Crippen LogP contribution in [0.2, 0.25) is 0 Å². The summed E-state index contributed by atoms with van der Waals surface area (Å²) in [5, 5.41) is 24.0. The summed E-state index contributed by atoms with van der Waals surface area (Å²) in [7, 11) is 0. The summed E-state index contributed by atoms with van der Waals surface area (Å²) in [6.07, 6.45) is 2.82. The Bertz CT molecular complexity index is 558. The minimum atomic E-state index is -0.673. The van der Waals surface area contributed by atoms with E-state index in [-0.39, 0.29) is 12.0 Å². The maximum Gasteiger partial charge on any atom is 0.107 e. The number of ether oxygens (including phenoxy) is 1. The number of hydrogen-bond donors (Lipinski definition) is 2. The molecule has 1 unspecified atom stereocenters. The fraction of sp³-hybridized carbons (Fsp3) is 0.400. The maximum atomic E-state index is 10.3. The molecule has 0 bridgehead atoms. The Morgan fingerprint density at radius 1 is 1.25 bits per heavy atom. The van der Waals surface area contributed by atoms with Crippen LogP contribution < -0.4 is 0 Å². The molecule has 1 aromatic carbocycles. The fourth-order valence-corrected chi connectivity index (χ4v) is 2.40. The first kappa shape index (κ1) is 13.3. The van der Waals surface area contributed by atoms with Crippen molar-refractivity contribution in [1.82, 2.24) is 9.78 Å². The Morgan fingerprint density at radius 2 is 2.00 bits per heavy atom. The summed E-state index contributed by atoms with van der Waals surface area (Å²) in [4.78, 5) is 0. The Balaban J connectivity index is 1.73. The smallest absolute Gasteiger partial charge is 0.107 e. The highest BCUT2D eigenvalue weighted by molar-refractivity contribution is 5.26. The molecule has 0 amide bonds. The van der Waals surface area contributed by atoms with Gasteiger partial charge in [0.05, 0.1) is 38.0 Å². The van der Waals surface area contributed by atoms with E-state index in [1.54, 1.807) is 10.9 Å². The number of aromatic nitrogens is 2. The molecule has 1 saturated heterocycles. The monoisotopic (exact) mass is 274 g/mol. The highest BCUT2D eigenvalue weighted by Gasteiger charge is 2.38. The molecule has 1 aromatic heterocycles. The van der Waals surface area contributed by atoms with E-state index in [4.69, 9.17) is 4.74 Å². The van der Waals surface area contributed by atoms with Crippen molar-refractivity contribution >= 4 is 0 Å². The summed E-state index contributed by atoms with van der Waals surface area (Å²) in [5.41, 5.74) is 1.38. The zero-order chi connectivity index (χ0) is 14.0. The molecule has 0 aliphatic carbocycles. The second-order valence-electron chi connectivity index (χ2n) is 5.44. The molecule has 1 fully saturated rings. The van der Waals surface area contributed by atoms with Crippen LogP contribution in [0.5, 0.6) is 0 Å². The summed E-state index contributed by atoms with van der Waals surface area (Å²) < 4.78 is 6.94. The average Bonchev–Trinajstić information content (AvgIpc) is 2.91. The van der Waals surface area contributed by atoms with Gasteiger partial charge in [0, 0.05) is 11.8 Å². The van der Waals surface area contributed by atoms with E-state index in [1.165, 1.54) is 0 Å². The Hall–Kier alpha value is -1.69. The quantitative estimate of drug-likeness (QED) is 0.852. The van der Waals surface area contributed by atoms with Crippen LogP contribution in [0.15, 0.2) is 42.7 Å². The van der Waals surface area contributed by atoms with Gasteiger partial charge in [0.1, 0.15) is 6.10 Å². The third kappa shape index (κ3) is 2.47. The van der Waals surface area contributed by atoms with Crippen molar-refractivity contribution in [3.8, 4) is 0 Å². The number of rotatable bonds is 5. The molecule has 5 nitrogen and oxygen atoms in total. The van der Waals surface area contributed by atoms with Gasteiger partial charge < -0.3 is 14.9 Å². The molecule has 20 heavy (non-hydrogen) atoms. The summed E-state index contributed by atoms with van der Waals surface area (Å²) in [6.45, 7) is 1.80. The van der Waals surface area contributed by atoms with Gasteiger partial charge in [0.25, 0.3) is 0 Å². The third-order valence-electron chi connectivity index (χ3n) is 3.73. The molecule has 0 spiro atoms. The van der Waals surface area contributed by atoms with Crippen LogP contribution in [-0.2, 0) is 11.3 Å². The number of benzene rings is 1. The van der Waals surface area contributed by atoms with Gasteiger partial charge in [-0.3, -0.25) is 4.68 Å². The predicted molar refractivity (Wildman–Crippen MR) is 73.1 cm³/mol. The second-order valence-corrected chi connectivity index (χ2v) is 5.44.